The number of hydrogen-bond donors (Lipinski definition) is 2. The van der Waals surface area contributed by atoms with Crippen LogP contribution in [0.4, 0.5) is 0 Å². The average molecular weight is 411 g/mol. The van der Waals surface area contributed by atoms with E-state index in [4.69, 9.17) is 0 Å². The summed E-state index contributed by atoms with van der Waals surface area (Å²) in [5.74, 6) is 0.851. The molecule has 0 aromatic heterocycles. The van der Waals surface area contributed by atoms with Crippen molar-refractivity contribution >= 4 is 0 Å². The molecule has 0 aliphatic rings. The van der Waals surface area contributed by atoms with Crippen molar-refractivity contribution < 1.29 is 10.2 Å². The molecular formula is C28H42O2. The van der Waals surface area contributed by atoms with Gasteiger partial charge in [-0.1, -0.05) is 67.5 Å². The number of aromatic hydroxyl groups is 2. The van der Waals surface area contributed by atoms with Crippen molar-refractivity contribution in [1.82, 2.24) is 0 Å². The van der Waals surface area contributed by atoms with Gasteiger partial charge in [0.25, 0.3) is 0 Å². The summed E-state index contributed by atoms with van der Waals surface area (Å²) in [6.07, 6.45) is 6.21. The smallest absolute Gasteiger partial charge is 0.119 e. The second-order valence-corrected chi connectivity index (χ2v) is 10.7. The Labute approximate surface area is 184 Å². The van der Waals surface area contributed by atoms with Crippen LogP contribution in [0.5, 0.6) is 11.5 Å². The summed E-state index contributed by atoms with van der Waals surface area (Å²) < 4.78 is 0. The van der Waals surface area contributed by atoms with Gasteiger partial charge >= 0.3 is 0 Å². The Morgan fingerprint density at radius 1 is 0.567 bits per heavy atom. The van der Waals surface area contributed by atoms with E-state index in [-0.39, 0.29) is 10.8 Å². The molecule has 0 amide bonds. The molecule has 0 saturated heterocycles. The highest BCUT2D eigenvalue weighted by molar-refractivity contribution is 5.46. The SMILES string of the molecule is CCc1cc(O)c(C(C)(C)C)cc1CCCCc1cc(C(C)(C)C)c(O)cc1CC. The standard InChI is InChI=1S/C28H42O2/c1-9-19-17-25(29)23(27(3,4)5)15-21(19)13-11-12-14-22-16-24(28(6,7)8)26(30)18-20(22)10-2/h15-18,29-30H,9-14H2,1-8H3. The van der Waals surface area contributed by atoms with E-state index in [1.807, 2.05) is 12.1 Å². The van der Waals surface area contributed by atoms with Crippen LogP contribution < -0.4 is 0 Å². The summed E-state index contributed by atoms with van der Waals surface area (Å²) in [5, 5.41) is 20.9. The van der Waals surface area contributed by atoms with Gasteiger partial charge in [0.05, 0.1) is 0 Å². The van der Waals surface area contributed by atoms with Gasteiger partial charge < -0.3 is 10.2 Å². The highest BCUT2D eigenvalue weighted by atomic mass is 16.3. The third-order valence-electron chi connectivity index (χ3n) is 6.16. The monoisotopic (exact) mass is 410 g/mol. The molecule has 0 unspecified atom stereocenters. The maximum atomic E-state index is 10.5. The molecule has 166 valence electrons. The predicted molar refractivity (Wildman–Crippen MR) is 129 cm³/mol. The van der Waals surface area contributed by atoms with E-state index in [1.54, 1.807) is 0 Å². The minimum Gasteiger partial charge on any atom is -0.508 e. The molecule has 0 radical (unpaired) electrons. The molecule has 0 fully saturated rings. The Balaban J connectivity index is 2.15. The van der Waals surface area contributed by atoms with Crippen LogP contribution in [-0.2, 0) is 36.5 Å². The van der Waals surface area contributed by atoms with Gasteiger partial charge in [-0.05, 0) is 94.9 Å². The zero-order chi connectivity index (χ0) is 22.7. The molecule has 2 aromatic carbocycles. The van der Waals surface area contributed by atoms with Crippen molar-refractivity contribution in [2.45, 2.75) is 105 Å². The first-order valence-corrected chi connectivity index (χ1v) is 11.6. The number of rotatable bonds is 7. The van der Waals surface area contributed by atoms with Crippen molar-refractivity contribution in [2.24, 2.45) is 0 Å². The van der Waals surface area contributed by atoms with E-state index in [9.17, 15) is 10.2 Å². The number of phenolic OH excluding ortho intramolecular Hbond substituents is 2. The first kappa shape index (κ1) is 24.3. The minimum absolute atomic E-state index is 0.0590. The van der Waals surface area contributed by atoms with Crippen LogP contribution in [-0.4, -0.2) is 10.2 Å². The fraction of sp³-hybridized carbons (Fsp3) is 0.571. The molecule has 0 atom stereocenters. The van der Waals surface area contributed by atoms with E-state index >= 15 is 0 Å². The van der Waals surface area contributed by atoms with E-state index in [0.29, 0.717) is 11.5 Å². The maximum Gasteiger partial charge on any atom is 0.119 e. The second-order valence-electron chi connectivity index (χ2n) is 10.7. The lowest BCUT2D eigenvalue weighted by Gasteiger charge is -2.23. The van der Waals surface area contributed by atoms with Crippen LogP contribution in [0.25, 0.3) is 0 Å². The largest absolute Gasteiger partial charge is 0.508 e. The molecule has 2 heteroatoms. The van der Waals surface area contributed by atoms with Crippen LogP contribution in [0.15, 0.2) is 24.3 Å². The van der Waals surface area contributed by atoms with E-state index in [0.717, 1.165) is 49.7 Å². The summed E-state index contributed by atoms with van der Waals surface area (Å²) in [5.41, 5.74) is 7.22. The van der Waals surface area contributed by atoms with Crippen LogP contribution >= 0.6 is 0 Å². The van der Waals surface area contributed by atoms with Crippen molar-refractivity contribution in [2.75, 3.05) is 0 Å². The normalized spacial score (nSPS) is 12.4. The predicted octanol–water partition coefficient (Wildman–Crippen LogP) is 7.38. The van der Waals surface area contributed by atoms with Gasteiger partial charge in [-0.3, -0.25) is 0 Å². The highest BCUT2D eigenvalue weighted by Gasteiger charge is 2.21. The molecule has 0 spiro atoms. The summed E-state index contributed by atoms with van der Waals surface area (Å²) in [4.78, 5) is 0. The Kier molecular flexibility index (Phi) is 7.66. The average Bonchev–Trinajstić information content (AvgIpc) is 2.64. The van der Waals surface area contributed by atoms with E-state index in [1.165, 1.54) is 22.3 Å². The molecule has 30 heavy (non-hydrogen) atoms. The van der Waals surface area contributed by atoms with Crippen molar-refractivity contribution in [3.8, 4) is 11.5 Å². The van der Waals surface area contributed by atoms with Gasteiger partial charge in [-0.2, -0.15) is 0 Å². The van der Waals surface area contributed by atoms with Crippen molar-refractivity contribution in [3.05, 3.63) is 57.6 Å². The lowest BCUT2D eigenvalue weighted by molar-refractivity contribution is 0.444. The molecule has 2 N–H and O–H groups in total. The fourth-order valence-electron chi connectivity index (χ4n) is 4.31. The van der Waals surface area contributed by atoms with Crippen LogP contribution in [0.3, 0.4) is 0 Å². The van der Waals surface area contributed by atoms with Gasteiger partial charge in [0, 0.05) is 0 Å². The molecule has 0 aliphatic carbocycles. The van der Waals surface area contributed by atoms with Gasteiger partial charge in [0.1, 0.15) is 11.5 Å². The Hall–Kier alpha value is -1.96. The maximum absolute atomic E-state index is 10.5. The molecule has 2 nitrogen and oxygen atoms in total. The fourth-order valence-corrected chi connectivity index (χ4v) is 4.31. The lowest BCUT2D eigenvalue weighted by Crippen LogP contribution is -2.13. The lowest BCUT2D eigenvalue weighted by atomic mass is 9.82. The Bertz CT molecular complexity index is 790. The third kappa shape index (κ3) is 5.80. The zero-order valence-corrected chi connectivity index (χ0v) is 20.4. The van der Waals surface area contributed by atoms with Crippen molar-refractivity contribution in [3.63, 3.8) is 0 Å². The number of unbranched alkanes of at least 4 members (excludes halogenated alkanes) is 1. The minimum atomic E-state index is -0.0590. The first-order chi connectivity index (χ1) is 13.9. The van der Waals surface area contributed by atoms with Crippen LogP contribution in [0.1, 0.15) is 102 Å². The van der Waals surface area contributed by atoms with Gasteiger partial charge in [-0.15, -0.1) is 0 Å². The summed E-state index contributed by atoms with van der Waals surface area (Å²) >= 11 is 0. The van der Waals surface area contributed by atoms with E-state index < -0.39 is 0 Å². The summed E-state index contributed by atoms with van der Waals surface area (Å²) in [6.45, 7) is 17.2. The van der Waals surface area contributed by atoms with Gasteiger partial charge in [-0.25, -0.2) is 0 Å². The number of hydrogen-bond acceptors (Lipinski definition) is 2. The number of benzene rings is 2. The molecule has 0 bridgehead atoms. The summed E-state index contributed by atoms with van der Waals surface area (Å²) in [6, 6.07) is 8.40. The third-order valence-corrected chi connectivity index (χ3v) is 6.16. The Morgan fingerprint density at radius 3 is 1.17 bits per heavy atom. The van der Waals surface area contributed by atoms with Crippen LogP contribution in [0, 0.1) is 0 Å². The molecule has 2 aromatic rings. The molecular weight excluding hydrogens is 368 g/mol. The topological polar surface area (TPSA) is 40.5 Å². The number of phenols is 2. The quantitative estimate of drug-likeness (QED) is 0.467. The second kappa shape index (κ2) is 9.45. The summed E-state index contributed by atoms with van der Waals surface area (Å²) in [7, 11) is 0. The zero-order valence-electron chi connectivity index (χ0n) is 20.4. The Morgan fingerprint density at radius 2 is 0.900 bits per heavy atom. The van der Waals surface area contributed by atoms with E-state index in [2.05, 4.69) is 67.5 Å². The molecule has 0 aliphatic heterocycles. The number of aryl methyl sites for hydroxylation is 4. The molecule has 0 heterocycles. The highest BCUT2D eigenvalue weighted by Crippen LogP contribution is 2.35. The first-order valence-electron chi connectivity index (χ1n) is 11.6. The van der Waals surface area contributed by atoms with Crippen molar-refractivity contribution in [1.29, 1.82) is 0 Å². The molecule has 0 saturated carbocycles. The van der Waals surface area contributed by atoms with Gasteiger partial charge in [0.2, 0.25) is 0 Å². The molecule has 2 rings (SSSR count). The van der Waals surface area contributed by atoms with Crippen LogP contribution in [0.2, 0.25) is 0 Å². The van der Waals surface area contributed by atoms with Gasteiger partial charge in [0.15, 0.2) is 0 Å².